The third kappa shape index (κ3) is 3.30. The van der Waals surface area contributed by atoms with E-state index in [2.05, 4.69) is 10.2 Å². The van der Waals surface area contributed by atoms with Crippen molar-refractivity contribution in [1.82, 2.24) is 14.8 Å². The number of primary sulfonamides is 1. The highest BCUT2D eigenvalue weighted by molar-refractivity contribution is 7.89. The summed E-state index contributed by atoms with van der Waals surface area (Å²) in [5.74, 6) is 0.584. The van der Waals surface area contributed by atoms with Crippen LogP contribution in [0.4, 0.5) is 0 Å². The number of nitrogens with two attached hydrogens (primary N) is 1. The van der Waals surface area contributed by atoms with Gasteiger partial charge in [0.25, 0.3) is 15.2 Å². The second-order valence-electron chi connectivity index (χ2n) is 6.05. The number of sulfonamides is 1. The van der Waals surface area contributed by atoms with Gasteiger partial charge in [-0.1, -0.05) is 24.3 Å². The van der Waals surface area contributed by atoms with E-state index in [0.717, 1.165) is 11.1 Å². The normalized spacial score (nSPS) is 12.6. The zero-order valence-corrected chi connectivity index (χ0v) is 13.5. The van der Waals surface area contributed by atoms with Gasteiger partial charge in [-0.15, -0.1) is 10.2 Å². The molecule has 0 atom stereocenters. The van der Waals surface area contributed by atoms with E-state index in [1.807, 2.05) is 52.0 Å². The summed E-state index contributed by atoms with van der Waals surface area (Å²) in [4.78, 5) is 0. The minimum atomic E-state index is -3.91. The third-order valence-corrected chi connectivity index (χ3v) is 4.01. The maximum absolute atomic E-state index is 11.7. The van der Waals surface area contributed by atoms with Crippen LogP contribution in [0.1, 0.15) is 37.7 Å². The highest BCUT2D eigenvalue weighted by Crippen LogP contribution is 2.23. The Morgan fingerprint density at radius 2 is 1.81 bits per heavy atom. The van der Waals surface area contributed by atoms with Crippen molar-refractivity contribution in [2.45, 2.75) is 44.8 Å². The van der Waals surface area contributed by atoms with Gasteiger partial charge in [0.05, 0.1) is 0 Å². The monoisotopic (exact) mass is 308 g/mol. The quantitative estimate of drug-likeness (QED) is 0.932. The minimum Gasteiger partial charge on any atom is -0.295 e. The molecule has 0 aliphatic carbocycles. The first-order valence-corrected chi connectivity index (χ1v) is 8.17. The van der Waals surface area contributed by atoms with Crippen molar-refractivity contribution in [3.8, 4) is 0 Å². The maximum Gasteiger partial charge on any atom is 0.273 e. The second-order valence-corrected chi connectivity index (χ2v) is 7.51. The van der Waals surface area contributed by atoms with Crippen molar-refractivity contribution in [3.05, 3.63) is 41.2 Å². The maximum atomic E-state index is 11.7. The van der Waals surface area contributed by atoms with Gasteiger partial charge in [-0.2, -0.15) is 0 Å². The van der Waals surface area contributed by atoms with Gasteiger partial charge >= 0.3 is 0 Å². The molecule has 2 rings (SSSR count). The van der Waals surface area contributed by atoms with Crippen LogP contribution in [-0.2, 0) is 22.0 Å². The summed E-state index contributed by atoms with van der Waals surface area (Å²) >= 11 is 0. The summed E-state index contributed by atoms with van der Waals surface area (Å²) in [5.41, 5.74) is 1.72. The number of rotatable bonds is 3. The Labute approximate surface area is 125 Å². The Bertz CT molecular complexity index is 758. The molecule has 0 radical (unpaired) electrons. The molecular formula is C14H20N4O2S. The van der Waals surface area contributed by atoms with Crippen LogP contribution in [0.2, 0.25) is 0 Å². The summed E-state index contributed by atoms with van der Waals surface area (Å²) in [6.45, 7) is 7.69. The van der Waals surface area contributed by atoms with Gasteiger partial charge in [0.1, 0.15) is 5.82 Å². The standard InChI is InChI=1S/C14H20N4O2S/c1-10-7-5-6-8-11(10)9-12-16-17-13(21(15,19)20)18(12)14(2,3)4/h5-8H,9H2,1-4H3,(H2,15,19,20). The van der Waals surface area contributed by atoms with E-state index in [0.29, 0.717) is 12.2 Å². The van der Waals surface area contributed by atoms with Crippen LogP contribution >= 0.6 is 0 Å². The molecular weight excluding hydrogens is 288 g/mol. The number of benzene rings is 1. The number of nitrogens with zero attached hydrogens (tertiary/aromatic N) is 3. The Balaban J connectivity index is 2.56. The number of hydrogen-bond acceptors (Lipinski definition) is 4. The van der Waals surface area contributed by atoms with Gasteiger partial charge in [0.15, 0.2) is 0 Å². The highest BCUT2D eigenvalue weighted by Gasteiger charge is 2.28. The molecule has 1 aromatic heterocycles. The molecule has 0 saturated heterocycles. The van der Waals surface area contributed by atoms with E-state index in [4.69, 9.17) is 5.14 Å². The lowest BCUT2D eigenvalue weighted by molar-refractivity contribution is 0.351. The Kier molecular flexibility index (Phi) is 3.90. The van der Waals surface area contributed by atoms with E-state index in [9.17, 15) is 8.42 Å². The van der Waals surface area contributed by atoms with Crippen molar-refractivity contribution < 1.29 is 8.42 Å². The molecule has 0 fully saturated rings. The lowest BCUT2D eigenvalue weighted by Gasteiger charge is -2.24. The first kappa shape index (κ1) is 15.7. The number of aryl methyl sites for hydroxylation is 1. The van der Waals surface area contributed by atoms with Crippen LogP contribution in [0, 0.1) is 6.92 Å². The van der Waals surface area contributed by atoms with Gasteiger partial charge in [0, 0.05) is 12.0 Å². The zero-order chi connectivity index (χ0) is 15.8. The van der Waals surface area contributed by atoms with E-state index < -0.39 is 15.6 Å². The van der Waals surface area contributed by atoms with E-state index in [1.54, 1.807) is 4.57 Å². The van der Waals surface area contributed by atoms with Gasteiger partial charge in [-0.05, 0) is 38.8 Å². The smallest absolute Gasteiger partial charge is 0.273 e. The summed E-state index contributed by atoms with van der Waals surface area (Å²) in [5, 5.41) is 12.9. The molecule has 0 bridgehead atoms. The summed E-state index contributed by atoms with van der Waals surface area (Å²) in [6, 6.07) is 7.91. The van der Waals surface area contributed by atoms with Crippen LogP contribution in [0.5, 0.6) is 0 Å². The molecule has 0 aliphatic rings. The molecule has 6 nitrogen and oxygen atoms in total. The van der Waals surface area contributed by atoms with Gasteiger partial charge in [-0.3, -0.25) is 4.57 Å². The largest absolute Gasteiger partial charge is 0.295 e. The fourth-order valence-electron chi connectivity index (χ4n) is 2.25. The Hall–Kier alpha value is -1.73. The predicted octanol–water partition coefficient (Wildman–Crippen LogP) is 1.58. The Morgan fingerprint density at radius 3 is 2.33 bits per heavy atom. The van der Waals surface area contributed by atoms with Crippen LogP contribution in [0.15, 0.2) is 29.4 Å². The zero-order valence-electron chi connectivity index (χ0n) is 12.7. The molecule has 2 aromatic rings. The molecule has 2 N–H and O–H groups in total. The van der Waals surface area contributed by atoms with E-state index >= 15 is 0 Å². The fourth-order valence-corrected chi connectivity index (χ4v) is 3.04. The second kappa shape index (κ2) is 5.23. The molecule has 0 saturated carbocycles. The van der Waals surface area contributed by atoms with Gasteiger partial charge in [0.2, 0.25) is 0 Å². The van der Waals surface area contributed by atoms with Crippen molar-refractivity contribution in [3.63, 3.8) is 0 Å². The molecule has 1 aromatic carbocycles. The average molecular weight is 308 g/mol. The fraction of sp³-hybridized carbons (Fsp3) is 0.429. The summed E-state index contributed by atoms with van der Waals surface area (Å²) < 4.78 is 25.0. The van der Waals surface area contributed by atoms with Gasteiger partial charge < -0.3 is 0 Å². The van der Waals surface area contributed by atoms with Crippen LogP contribution in [0.3, 0.4) is 0 Å². The van der Waals surface area contributed by atoms with Gasteiger partial charge in [-0.25, -0.2) is 13.6 Å². The van der Waals surface area contributed by atoms with Crippen LogP contribution in [0.25, 0.3) is 0 Å². The van der Waals surface area contributed by atoms with Crippen molar-refractivity contribution in [1.29, 1.82) is 0 Å². The molecule has 0 amide bonds. The van der Waals surface area contributed by atoms with E-state index in [-0.39, 0.29) is 5.16 Å². The van der Waals surface area contributed by atoms with Crippen molar-refractivity contribution >= 4 is 10.0 Å². The molecule has 1 heterocycles. The Morgan fingerprint density at radius 1 is 1.19 bits per heavy atom. The lowest BCUT2D eigenvalue weighted by atomic mass is 10.0. The molecule has 21 heavy (non-hydrogen) atoms. The molecule has 7 heteroatoms. The summed E-state index contributed by atoms with van der Waals surface area (Å²) in [7, 11) is -3.91. The van der Waals surface area contributed by atoms with Crippen LogP contribution < -0.4 is 5.14 Å². The lowest BCUT2D eigenvalue weighted by Crippen LogP contribution is -2.30. The SMILES string of the molecule is Cc1ccccc1Cc1nnc(S(N)(=O)=O)n1C(C)(C)C. The van der Waals surface area contributed by atoms with Crippen molar-refractivity contribution in [2.24, 2.45) is 5.14 Å². The molecule has 0 spiro atoms. The topological polar surface area (TPSA) is 90.9 Å². The minimum absolute atomic E-state index is 0.196. The highest BCUT2D eigenvalue weighted by atomic mass is 32.2. The predicted molar refractivity (Wildman–Crippen MR) is 80.4 cm³/mol. The number of hydrogen-bond donors (Lipinski definition) is 1. The average Bonchev–Trinajstić information content (AvgIpc) is 2.75. The third-order valence-electron chi connectivity index (χ3n) is 3.24. The molecule has 0 unspecified atom stereocenters. The first-order chi connectivity index (χ1) is 9.60. The van der Waals surface area contributed by atoms with E-state index in [1.165, 1.54) is 0 Å². The first-order valence-electron chi connectivity index (χ1n) is 6.63. The van der Waals surface area contributed by atoms with Crippen molar-refractivity contribution in [2.75, 3.05) is 0 Å². The number of aromatic nitrogens is 3. The van der Waals surface area contributed by atoms with Crippen LogP contribution in [-0.4, -0.2) is 23.2 Å². The summed E-state index contributed by atoms with van der Waals surface area (Å²) in [6.07, 6.45) is 0.506. The molecule has 114 valence electrons. The molecule has 0 aliphatic heterocycles.